The second-order valence-electron chi connectivity index (χ2n) is 4.90. The Hall–Kier alpha value is -2.52. The summed E-state index contributed by atoms with van der Waals surface area (Å²) in [6.45, 7) is 0.501. The molecule has 1 aromatic heterocycles. The second kappa shape index (κ2) is 6.50. The summed E-state index contributed by atoms with van der Waals surface area (Å²) in [5.41, 5.74) is 9.44. The third-order valence-corrected chi connectivity index (χ3v) is 3.64. The molecule has 0 amide bonds. The highest BCUT2D eigenvalue weighted by Crippen LogP contribution is 2.27. The van der Waals surface area contributed by atoms with Crippen molar-refractivity contribution in [3.8, 4) is 17.0 Å². The van der Waals surface area contributed by atoms with E-state index >= 15 is 0 Å². The molecular weight excluding hydrogens is 296 g/mol. The molecule has 4 heteroatoms. The molecule has 0 spiro atoms. The van der Waals surface area contributed by atoms with E-state index in [0.29, 0.717) is 23.2 Å². The first-order valence-electron chi connectivity index (χ1n) is 6.90. The van der Waals surface area contributed by atoms with E-state index in [1.165, 1.54) is 0 Å². The standard InChI is InChI=1S/C18H15ClN2O/c19-16-8-6-14(10-17(16)20)15-7-9-18(21-11-15)22-12-13-4-2-1-3-5-13/h1-11H,12,20H2. The molecule has 0 aliphatic heterocycles. The Balaban J connectivity index is 1.71. The van der Waals surface area contributed by atoms with Crippen LogP contribution in [0.5, 0.6) is 5.88 Å². The molecule has 0 bridgehead atoms. The minimum absolute atomic E-state index is 0.501. The minimum atomic E-state index is 0.501. The van der Waals surface area contributed by atoms with Gasteiger partial charge < -0.3 is 10.5 Å². The number of aromatic nitrogens is 1. The Morgan fingerprint density at radius 2 is 1.73 bits per heavy atom. The van der Waals surface area contributed by atoms with Crippen LogP contribution in [-0.4, -0.2) is 4.98 Å². The quantitative estimate of drug-likeness (QED) is 0.718. The first-order valence-corrected chi connectivity index (χ1v) is 7.28. The van der Waals surface area contributed by atoms with Gasteiger partial charge in [0.15, 0.2) is 0 Å². The third-order valence-electron chi connectivity index (χ3n) is 3.30. The van der Waals surface area contributed by atoms with Crippen LogP contribution in [0.4, 0.5) is 5.69 Å². The van der Waals surface area contributed by atoms with Gasteiger partial charge in [-0.3, -0.25) is 0 Å². The zero-order valence-electron chi connectivity index (χ0n) is 11.9. The number of nitrogens with two attached hydrogens (primary N) is 1. The van der Waals surface area contributed by atoms with Gasteiger partial charge in [-0.05, 0) is 29.3 Å². The van der Waals surface area contributed by atoms with Gasteiger partial charge in [-0.1, -0.05) is 48.0 Å². The zero-order valence-corrected chi connectivity index (χ0v) is 12.6. The van der Waals surface area contributed by atoms with E-state index in [2.05, 4.69) is 4.98 Å². The first-order chi connectivity index (χ1) is 10.7. The highest BCUT2D eigenvalue weighted by molar-refractivity contribution is 6.33. The van der Waals surface area contributed by atoms with Crippen LogP contribution in [0.15, 0.2) is 66.9 Å². The number of anilines is 1. The molecule has 0 radical (unpaired) electrons. The summed E-state index contributed by atoms with van der Waals surface area (Å²) in [7, 11) is 0. The van der Waals surface area contributed by atoms with Gasteiger partial charge in [0.25, 0.3) is 0 Å². The molecule has 2 aromatic carbocycles. The lowest BCUT2D eigenvalue weighted by Crippen LogP contribution is -1.96. The molecule has 0 saturated carbocycles. The maximum atomic E-state index is 5.93. The summed E-state index contributed by atoms with van der Waals surface area (Å²) in [4.78, 5) is 4.33. The van der Waals surface area contributed by atoms with Crippen molar-refractivity contribution in [1.82, 2.24) is 4.98 Å². The monoisotopic (exact) mass is 310 g/mol. The summed E-state index contributed by atoms with van der Waals surface area (Å²) >= 11 is 5.93. The SMILES string of the molecule is Nc1cc(-c2ccc(OCc3ccccc3)nc2)ccc1Cl. The highest BCUT2D eigenvalue weighted by Gasteiger charge is 2.03. The second-order valence-corrected chi connectivity index (χ2v) is 5.30. The van der Waals surface area contributed by atoms with Crippen molar-refractivity contribution in [1.29, 1.82) is 0 Å². The van der Waals surface area contributed by atoms with Crippen molar-refractivity contribution in [2.45, 2.75) is 6.61 Å². The Morgan fingerprint density at radius 1 is 0.955 bits per heavy atom. The van der Waals surface area contributed by atoms with Gasteiger partial charge in [0.1, 0.15) is 6.61 Å². The molecule has 0 saturated heterocycles. The molecule has 0 aliphatic carbocycles. The third kappa shape index (κ3) is 3.38. The van der Waals surface area contributed by atoms with Crippen molar-refractivity contribution in [3.63, 3.8) is 0 Å². The fourth-order valence-corrected chi connectivity index (χ4v) is 2.21. The van der Waals surface area contributed by atoms with Gasteiger partial charge in [-0.25, -0.2) is 4.98 Å². The Kier molecular flexibility index (Phi) is 4.26. The van der Waals surface area contributed by atoms with Gasteiger partial charge in [0.2, 0.25) is 5.88 Å². The average Bonchev–Trinajstić information content (AvgIpc) is 2.57. The summed E-state index contributed by atoms with van der Waals surface area (Å²) in [6, 6.07) is 19.3. The topological polar surface area (TPSA) is 48.1 Å². The largest absolute Gasteiger partial charge is 0.473 e. The molecule has 0 atom stereocenters. The molecule has 2 N–H and O–H groups in total. The molecule has 0 fully saturated rings. The number of rotatable bonds is 4. The van der Waals surface area contributed by atoms with Crippen LogP contribution in [0.1, 0.15) is 5.56 Å². The van der Waals surface area contributed by atoms with Crippen molar-refractivity contribution in [3.05, 3.63) is 77.4 Å². The van der Waals surface area contributed by atoms with Gasteiger partial charge in [0, 0.05) is 17.8 Å². The molecular formula is C18H15ClN2O. The number of hydrogen-bond acceptors (Lipinski definition) is 3. The number of halogens is 1. The van der Waals surface area contributed by atoms with Crippen molar-refractivity contribution in [2.75, 3.05) is 5.73 Å². The minimum Gasteiger partial charge on any atom is -0.473 e. The molecule has 3 rings (SSSR count). The number of nitrogens with zero attached hydrogens (tertiary/aromatic N) is 1. The number of nitrogen functional groups attached to an aromatic ring is 1. The lowest BCUT2D eigenvalue weighted by Gasteiger charge is -2.07. The zero-order chi connectivity index (χ0) is 15.4. The van der Waals surface area contributed by atoms with Gasteiger partial charge in [-0.15, -0.1) is 0 Å². The highest BCUT2D eigenvalue weighted by atomic mass is 35.5. The molecule has 0 aliphatic rings. The predicted octanol–water partition coefficient (Wildman–Crippen LogP) is 4.56. The van der Waals surface area contributed by atoms with E-state index < -0.39 is 0 Å². The van der Waals surface area contributed by atoms with Gasteiger partial charge in [0.05, 0.1) is 10.7 Å². The van der Waals surface area contributed by atoms with Crippen molar-refractivity contribution >= 4 is 17.3 Å². The smallest absolute Gasteiger partial charge is 0.213 e. The van der Waals surface area contributed by atoms with Crippen LogP contribution in [0, 0.1) is 0 Å². The van der Waals surface area contributed by atoms with Crippen LogP contribution >= 0.6 is 11.6 Å². The number of hydrogen-bond donors (Lipinski definition) is 1. The summed E-state index contributed by atoms with van der Waals surface area (Å²) < 4.78 is 5.67. The Morgan fingerprint density at radius 3 is 2.41 bits per heavy atom. The fraction of sp³-hybridized carbons (Fsp3) is 0.0556. The van der Waals surface area contributed by atoms with Crippen LogP contribution in [0.3, 0.4) is 0 Å². The van der Waals surface area contributed by atoms with Crippen LogP contribution in [-0.2, 0) is 6.61 Å². The van der Waals surface area contributed by atoms with E-state index in [4.69, 9.17) is 22.1 Å². The van der Waals surface area contributed by atoms with E-state index in [0.717, 1.165) is 16.7 Å². The molecule has 3 nitrogen and oxygen atoms in total. The van der Waals surface area contributed by atoms with E-state index in [9.17, 15) is 0 Å². The van der Waals surface area contributed by atoms with Gasteiger partial charge in [-0.2, -0.15) is 0 Å². The fourth-order valence-electron chi connectivity index (χ4n) is 2.09. The maximum absolute atomic E-state index is 5.93. The Bertz CT molecular complexity index is 758. The van der Waals surface area contributed by atoms with Crippen molar-refractivity contribution < 1.29 is 4.74 Å². The van der Waals surface area contributed by atoms with Crippen LogP contribution < -0.4 is 10.5 Å². The van der Waals surface area contributed by atoms with Crippen molar-refractivity contribution in [2.24, 2.45) is 0 Å². The number of ether oxygens (including phenoxy) is 1. The number of benzene rings is 2. The Labute approximate surface area is 134 Å². The van der Waals surface area contributed by atoms with E-state index in [1.807, 2.05) is 54.6 Å². The summed E-state index contributed by atoms with van der Waals surface area (Å²) in [5, 5.41) is 0.555. The normalized spacial score (nSPS) is 10.4. The van der Waals surface area contributed by atoms with E-state index in [1.54, 1.807) is 12.3 Å². The van der Waals surface area contributed by atoms with Crippen LogP contribution in [0.2, 0.25) is 5.02 Å². The van der Waals surface area contributed by atoms with Crippen LogP contribution in [0.25, 0.3) is 11.1 Å². The van der Waals surface area contributed by atoms with Gasteiger partial charge >= 0.3 is 0 Å². The molecule has 1 heterocycles. The number of pyridine rings is 1. The lowest BCUT2D eigenvalue weighted by atomic mass is 10.1. The maximum Gasteiger partial charge on any atom is 0.213 e. The predicted molar refractivity (Wildman–Crippen MR) is 89.9 cm³/mol. The molecule has 22 heavy (non-hydrogen) atoms. The molecule has 0 unspecified atom stereocenters. The summed E-state index contributed by atoms with van der Waals surface area (Å²) in [6.07, 6.45) is 1.77. The first kappa shape index (κ1) is 14.4. The molecule has 3 aromatic rings. The average molecular weight is 311 g/mol. The summed E-state index contributed by atoms with van der Waals surface area (Å²) in [5.74, 6) is 0.592. The molecule has 110 valence electrons. The lowest BCUT2D eigenvalue weighted by molar-refractivity contribution is 0.294. The van der Waals surface area contributed by atoms with E-state index in [-0.39, 0.29) is 0 Å².